The molecule has 1 aliphatic rings. The molecule has 0 aliphatic heterocycles. The maximum Gasteiger partial charge on any atom is 0.391 e. The summed E-state index contributed by atoms with van der Waals surface area (Å²) in [6, 6.07) is 3.73. The molecule has 0 radical (unpaired) electrons. The molecule has 1 aliphatic carbocycles. The SMILES string of the molecule is Fc1ccc(CC(Br)C2CCC(C(F)(F)F)CC2)cc1F. The minimum Gasteiger partial charge on any atom is -0.204 e. The lowest BCUT2D eigenvalue weighted by Crippen LogP contribution is -2.30. The first kappa shape index (κ1) is 16.7. The number of benzene rings is 1. The van der Waals surface area contributed by atoms with Crippen LogP contribution in [0.25, 0.3) is 0 Å². The summed E-state index contributed by atoms with van der Waals surface area (Å²) in [5, 5.41) is 0. The highest BCUT2D eigenvalue weighted by molar-refractivity contribution is 9.09. The Kier molecular flexibility index (Phi) is 5.28. The molecule has 0 bridgehead atoms. The van der Waals surface area contributed by atoms with Crippen LogP contribution in [0.2, 0.25) is 0 Å². The Bertz CT molecular complexity index is 477. The van der Waals surface area contributed by atoms with Gasteiger partial charge in [0, 0.05) is 4.83 Å². The van der Waals surface area contributed by atoms with Gasteiger partial charge in [-0.1, -0.05) is 22.0 Å². The predicted molar refractivity (Wildman–Crippen MR) is 74.3 cm³/mol. The Hall–Kier alpha value is -0.650. The molecule has 0 spiro atoms. The van der Waals surface area contributed by atoms with Gasteiger partial charge < -0.3 is 0 Å². The molecule has 6 heteroatoms. The average Bonchev–Trinajstić information content (AvgIpc) is 2.42. The highest BCUT2D eigenvalue weighted by Crippen LogP contribution is 2.42. The Balaban J connectivity index is 1.90. The summed E-state index contributed by atoms with van der Waals surface area (Å²) in [4.78, 5) is -0.0171. The van der Waals surface area contributed by atoms with Crippen molar-refractivity contribution in [2.24, 2.45) is 11.8 Å². The molecule has 118 valence electrons. The van der Waals surface area contributed by atoms with Crippen LogP contribution in [0.4, 0.5) is 22.0 Å². The summed E-state index contributed by atoms with van der Waals surface area (Å²) in [6.07, 6.45) is -2.32. The molecular weight excluding hydrogens is 355 g/mol. The maximum absolute atomic E-state index is 13.1. The summed E-state index contributed by atoms with van der Waals surface area (Å²) in [5.41, 5.74) is 0.647. The average molecular weight is 371 g/mol. The lowest BCUT2D eigenvalue weighted by Gasteiger charge is -2.32. The van der Waals surface area contributed by atoms with Crippen molar-refractivity contribution in [1.82, 2.24) is 0 Å². The van der Waals surface area contributed by atoms with E-state index in [1.54, 1.807) is 0 Å². The predicted octanol–water partition coefficient (Wildman–Crippen LogP) is 5.64. The molecule has 1 unspecified atom stereocenters. The van der Waals surface area contributed by atoms with Gasteiger partial charge in [0.15, 0.2) is 11.6 Å². The van der Waals surface area contributed by atoms with Crippen LogP contribution >= 0.6 is 15.9 Å². The van der Waals surface area contributed by atoms with E-state index in [9.17, 15) is 22.0 Å². The molecule has 1 saturated carbocycles. The molecular formula is C15H16BrF5. The van der Waals surface area contributed by atoms with Crippen molar-refractivity contribution in [3.8, 4) is 0 Å². The molecule has 1 atom stereocenters. The fourth-order valence-corrected chi connectivity index (χ4v) is 3.77. The first-order chi connectivity index (χ1) is 9.77. The van der Waals surface area contributed by atoms with Crippen molar-refractivity contribution in [1.29, 1.82) is 0 Å². The van der Waals surface area contributed by atoms with E-state index in [1.165, 1.54) is 6.07 Å². The van der Waals surface area contributed by atoms with E-state index in [1.807, 2.05) is 0 Å². The molecule has 0 nitrogen and oxygen atoms in total. The zero-order chi connectivity index (χ0) is 15.6. The molecule has 0 aromatic heterocycles. The zero-order valence-corrected chi connectivity index (χ0v) is 12.9. The summed E-state index contributed by atoms with van der Waals surface area (Å²) in [7, 11) is 0. The third kappa shape index (κ3) is 4.41. The van der Waals surface area contributed by atoms with E-state index in [4.69, 9.17) is 0 Å². The van der Waals surface area contributed by atoms with Crippen molar-refractivity contribution >= 4 is 15.9 Å². The number of rotatable bonds is 3. The number of alkyl halides is 4. The molecule has 0 heterocycles. The van der Waals surface area contributed by atoms with Gasteiger partial charge >= 0.3 is 6.18 Å². The molecule has 0 N–H and O–H groups in total. The fourth-order valence-electron chi connectivity index (χ4n) is 2.87. The first-order valence-electron chi connectivity index (χ1n) is 6.92. The minimum atomic E-state index is -4.10. The minimum absolute atomic E-state index is 0.0171. The van der Waals surface area contributed by atoms with Crippen LogP contribution in [0.1, 0.15) is 31.2 Å². The van der Waals surface area contributed by atoms with Gasteiger partial charge in [-0.15, -0.1) is 0 Å². The van der Waals surface area contributed by atoms with Gasteiger partial charge in [-0.05, 0) is 55.7 Å². The van der Waals surface area contributed by atoms with Gasteiger partial charge in [0.2, 0.25) is 0 Å². The number of hydrogen-bond donors (Lipinski definition) is 0. The largest absolute Gasteiger partial charge is 0.391 e. The van der Waals surface area contributed by atoms with E-state index in [-0.39, 0.29) is 23.6 Å². The van der Waals surface area contributed by atoms with E-state index in [2.05, 4.69) is 15.9 Å². The quantitative estimate of drug-likeness (QED) is 0.477. The Morgan fingerprint density at radius 1 is 1.05 bits per heavy atom. The second-order valence-corrected chi connectivity index (χ2v) is 6.80. The number of halogens is 6. The second-order valence-electron chi connectivity index (χ2n) is 5.62. The lowest BCUT2D eigenvalue weighted by molar-refractivity contribution is -0.183. The lowest BCUT2D eigenvalue weighted by atomic mass is 9.79. The Morgan fingerprint density at radius 3 is 2.19 bits per heavy atom. The fraction of sp³-hybridized carbons (Fsp3) is 0.600. The maximum atomic E-state index is 13.1. The molecule has 0 amide bonds. The van der Waals surface area contributed by atoms with Gasteiger partial charge in [0.05, 0.1) is 5.92 Å². The van der Waals surface area contributed by atoms with Crippen molar-refractivity contribution in [3.63, 3.8) is 0 Å². The van der Waals surface area contributed by atoms with Gasteiger partial charge in [0.25, 0.3) is 0 Å². The third-order valence-electron chi connectivity index (χ3n) is 4.16. The summed E-state index contributed by atoms with van der Waals surface area (Å²) >= 11 is 3.49. The zero-order valence-electron chi connectivity index (χ0n) is 11.3. The van der Waals surface area contributed by atoms with Crippen LogP contribution in [0.5, 0.6) is 0 Å². The topological polar surface area (TPSA) is 0 Å². The van der Waals surface area contributed by atoms with E-state index in [0.717, 1.165) is 12.1 Å². The molecule has 0 saturated heterocycles. The van der Waals surface area contributed by atoms with Crippen molar-refractivity contribution in [2.75, 3.05) is 0 Å². The molecule has 21 heavy (non-hydrogen) atoms. The third-order valence-corrected chi connectivity index (χ3v) is 5.23. The Morgan fingerprint density at radius 2 is 1.67 bits per heavy atom. The van der Waals surface area contributed by atoms with Gasteiger partial charge in [-0.3, -0.25) is 0 Å². The smallest absolute Gasteiger partial charge is 0.204 e. The summed E-state index contributed by atoms with van der Waals surface area (Å²) in [5.74, 6) is -2.85. The Labute approximate surface area is 128 Å². The molecule has 2 rings (SSSR count). The van der Waals surface area contributed by atoms with E-state index < -0.39 is 23.7 Å². The normalized spacial score (nSPS) is 24.9. The highest BCUT2D eigenvalue weighted by Gasteiger charge is 2.42. The van der Waals surface area contributed by atoms with Gasteiger partial charge in [-0.2, -0.15) is 13.2 Å². The van der Waals surface area contributed by atoms with Crippen molar-refractivity contribution in [2.45, 2.75) is 43.1 Å². The molecule has 1 aromatic carbocycles. The second kappa shape index (κ2) is 6.63. The van der Waals surface area contributed by atoms with Gasteiger partial charge in [0.1, 0.15) is 0 Å². The van der Waals surface area contributed by atoms with Crippen LogP contribution in [0, 0.1) is 23.5 Å². The standard InChI is InChI=1S/C15H16BrF5/c16-12(7-9-1-6-13(17)14(18)8-9)10-2-4-11(5-3-10)15(19,20)21/h1,6,8,10-12H,2-5,7H2. The number of hydrogen-bond acceptors (Lipinski definition) is 0. The summed E-state index contributed by atoms with van der Waals surface area (Å²) < 4.78 is 63.8. The van der Waals surface area contributed by atoms with Crippen LogP contribution in [0.3, 0.4) is 0 Å². The van der Waals surface area contributed by atoms with Crippen molar-refractivity contribution < 1.29 is 22.0 Å². The highest BCUT2D eigenvalue weighted by atomic mass is 79.9. The van der Waals surface area contributed by atoms with E-state index >= 15 is 0 Å². The summed E-state index contributed by atoms with van der Waals surface area (Å²) in [6.45, 7) is 0. The van der Waals surface area contributed by atoms with Crippen LogP contribution < -0.4 is 0 Å². The van der Waals surface area contributed by atoms with Crippen LogP contribution in [-0.4, -0.2) is 11.0 Å². The molecule has 1 aromatic rings. The van der Waals surface area contributed by atoms with Crippen molar-refractivity contribution in [3.05, 3.63) is 35.4 Å². The van der Waals surface area contributed by atoms with Gasteiger partial charge in [-0.25, -0.2) is 8.78 Å². The van der Waals surface area contributed by atoms with E-state index in [0.29, 0.717) is 24.8 Å². The first-order valence-corrected chi connectivity index (χ1v) is 7.83. The monoisotopic (exact) mass is 370 g/mol. The van der Waals surface area contributed by atoms with Crippen LogP contribution in [-0.2, 0) is 6.42 Å². The molecule has 1 fully saturated rings. The van der Waals surface area contributed by atoms with Crippen LogP contribution in [0.15, 0.2) is 18.2 Å².